The highest BCUT2D eigenvalue weighted by atomic mass is 32.2. The third-order valence-corrected chi connectivity index (χ3v) is 6.48. The van der Waals surface area contributed by atoms with E-state index in [4.69, 9.17) is 14.2 Å². The highest BCUT2D eigenvalue weighted by Crippen LogP contribution is 2.29. The molecule has 0 spiro atoms. The van der Waals surface area contributed by atoms with Crippen LogP contribution in [0.5, 0.6) is 17.2 Å². The highest BCUT2D eigenvalue weighted by Gasteiger charge is 2.27. The van der Waals surface area contributed by atoms with Crippen LogP contribution in [0.4, 0.5) is 5.69 Å². The second-order valence-corrected chi connectivity index (χ2v) is 9.01. The van der Waals surface area contributed by atoms with Gasteiger partial charge in [-0.15, -0.1) is 0 Å². The molecule has 3 aromatic carbocycles. The normalized spacial score (nSPS) is 12.0. The van der Waals surface area contributed by atoms with Gasteiger partial charge in [0.15, 0.2) is 11.5 Å². The van der Waals surface area contributed by atoms with Gasteiger partial charge in [-0.2, -0.15) is 4.72 Å². The maximum Gasteiger partial charge on any atom is 0.243 e. The standard InChI is InChI=1S/C25H28N2O6S/c1-4-33-22-13-9-8-12-20(22)26-25(28)21(16-18-10-6-5-7-11-18)27-34(29,30)19-14-15-23(31-2)24(17-19)32-3/h5-15,17,21,27H,4,16H2,1-3H3,(H,26,28). The van der Waals surface area contributed by atoms with Gasteiger partial charge in [0, 0.05) is 6.07 Å². The summed E-state index contributed by atoms with van der Waals surface area (Å²) in [5.74, 6) is 0.646. The third-order valence-electron chi connectivity index (χ3n) is 5.01. The quantitative estimate of drug-likeness (QED) is 0.431. The Morgan fingerprint density at radius 2 is 1.56 bits per heavy atom. The summed E-state index contributed by atoms with van der Waals surface area (Å²) >= 11 is 0. The van der Waals surface area contributed by atoms with E-state index in [1.165, 1.54) is 32.4 Å². The van der Waals surface area contributed by atoms with E-state index in [0.717, 1.165) is 5.56 Å². The molecule has 0 saturated heterocycles. The number of sulfonamides is 1. The first-order valence-electron chi connectivity index (χ1n) is 10.7. The first-order chi connectivity index (χ1) is 16.4. The van der Waals surface area contributed by atoms with Gasteiger partial charge >= 0.3 is 0 Å². The van der Waals surface area contributed by atoms with E-state index in [0.29, 0.717) is 23.8 Å². The largest absolute Gasteiger partial charge is 0.493 e. The molecule has 0 heterocycles. The maximum atomic E-state index is 13.3. The molecule has 0 fully saturated rings. The molecule has 2 N–H and O–H groups in total. The molecular formula is C25H28N2O6S. The van der Waals surface area contributed by atoms with Gasteiger partial charge in [0.25, 0.3) is 0 Å². The zero-order valence-electron chi connectivity index (χ0n) is 19.3. The lowest BCUT2D eigenvalue weighted by atomic mass is 10.1. The molecule has 3 rings (SSSR count). The van der Waals surface area contributed by atoms with Crippen LogP contribution < -0.4 is 24.2 Å². The Kier molecular flexibility index (Phi) is 8.50. The van der Waals surface area contributed by atoms with Crippen molar-refractivity contribution >= 4 is 21.6 Å². The number of ether oxygens (including phenoxy) is 3. The molecular weight excluding hydrogens is 456 g/mol. The van der Waals surface area contributed by atoms with Crippen molar-refractivity contribution in [2.45, 2.75) is 24.3 Å². The van der Waals surface area contributed by atoms with Crippen molar-refractivity contribution in [3.05, 3.63) is 78.4 Å². The van der Waals surface area contributed by atoms with E-state index in [-0.39, 0.29) is 17.1 Å². The highest BCUT2D eigenvalue weighted by molar-refractivity contribution is 7.89. The summed E-state index contributed by atoms with van der Waals surface area (Å²) < 4.78 is 45.0. The molecule has 1 atom stereocenters. The molecule has 180 valence electrons. The van der Waals surface area contributed by atoms with Crippen LogP contribution in [0.25, 0.3) is 0 Å². The zero-order valence-corrected chi connectivity index (χ0v) is 20.1. The average molecular weight is 485 g/mol. The first-order valence-corrected chi connectivity index (χ1v) is 12.2. The number of hydrogen-bond donors (Lipinski definition) is 2. The van der Waals surface area contributed by atoms with Crippen LogP contribution in [-0.2, 0) is 21.2 Å². The molecule has 0 aliphatic heterocycles. The second kappa shape index (κ2) is 11.5. The van der Waals surface area contributed by atoms with Crippen molar-refractivity contribution in [1.82, 2.24) is 4.72 Å². The lowest BCUT2D eigenvalue weighted by molar-refractivity contribution is -0.117. The topological polar surface area (TPSA) is 103 Å². The smallest absolute Gasteiger partial charge is 0.243 e. The number of benzene rings is 3. The van der Waals surface area contributed by atoms with E-state index in [1.807, 2.05) is 37.3 Å². The molecule has 0 aliphatic rings. The van der Waals surface area contributed by atoms with Crippen molar-refractivity contribution in [1.29, 1.82) is 0 Å². The van der Waals surface area contributed by atoms with Crippen LogP contribution in [0.2, 0.25) is 0 Å². The van der Waals surface area contributed by atoms with Crippen LogP contribution in [0.3, 0.4) is 0 Å². The SMILES string of the molecule is CCOc1ccccc1NC(=O)C(Cc1ccccc1)NS(=O)(=O)c1ccc(OC)c(OC)c1. The summed E-state index contributed by atoms with van der Waals surface area (Å²) in [6.07, 6.45) is 0.149. The monoisotopic (exact) mass is 484 g/mol. The van der Waals surface area contributed by atoms with Gasteiger partial charge in [-0.05, 0) is 43.2 Å². The summed E-state index contributed by atoms with van der Waals surface area (Å²) in [6.45, 7) is 2.26. The van der Waals surface area contributed by atoms with Crippen molar-refractivity contribution in [3.63, 3.8) is 0 Å². The summed E-state index contributed by atoms with van der Waals surface area (Å²) in [4.78, 5) is 13.2. The molecule has 0 aliphatic carbocycles. The molecule has 3 aromatic rings. The van der Waals surface area contributed by atoms with Crippen LogP contribution in [0, 0.1) is 0 Å². The fraction of sp³-hybridized carbons (Fsp3) is 0.240. The molecule has 8 nitrogen and oxygen atoms in total. The van der Waals surface area contributed by atoms with Crippen LogP contribution >= 0.6 is 0 Å². The second-order valence-electron chi connectivity index (χ2n) is 7.30. The number of methoxy groups -OCH3 is 2. The number of carbonyl (C=O) groups excluding carboxylic acids is 1. The molecule has 1 unspecified atom stereocenters. The molecule has 0 saturated carbocycles. The van der Waals surface area contributed by atoms with Crippen molar-refractivity contribution in [2.24, 2.45) is 0 Å². The average Bonchev–Trinajstić information content (AvgIpc) is 2.85. The fourth-order valence-electron chi connectivity index (χ4n) is 3.35. The Bertz CT molecular complexity index is 1220. The Morgan fingerprint density at radius 3 is 2.24 bits per heavy atom. The Morgan fingerprint density at radius 1 is 0.882 bits per heavy atom. The van der Waals surface area contributed by atoms with Crippen LogP contribution in [0.15, 0.2) is 77.7 Å². The van der Waals surface area contributed by atoms with E-state index in [2.05, 4.69) is 10.0 Å². The van der Waals surface area contributed by atoms with Gasteiger partial charge in [0.2, 0.25) is 15.9 Å². The third kappa shape index (κ3) is 6.27. The minimum atomic E-state index is -4.07. The maximum absolute atomic E-state index is 13.3. The van der Waals surface area contributed by atoms with Crippen LogP contribution in [0.1, 0.15) is 12.5 Å². The van der Waals surface area contributed by atoms with Gasteiger partial charge in [-0.1, -0.05) is 42.5 Å². The van der Waals surface area contributed by atoms with Crippen molar-refractivity contribution in [2.75, 3.05) is 26.1 Å². The zero-order chi connectivity index (χ0) is 24.6. The summed E-state index contributed by atoms with van der Waals surface area (Å²) in [7, 11) is -1.19. The number of amides is 1. The lowest BCUT2D eigenvalue weighted by Gasteiger charge is -2.20. The summed E-state index contributed by atoms with van der Waals surface area (Å²) in [5.41, 5.74) is 1.26. The van der Waals surface area contributed by atoms with Gasteiger partial charge in [-0.25, -0.2) is 8.42 Å². The van der Waals surface area contributed by atoms with E-state index >= 15 is 0 Å². The molecule has 9 heteroatoms. The van der Waals surface area contributed by atoms with E-state index in [1.54, 1.807) is 24.3 Å². The minimum Gasteiger partial charge on any atom is -0.493 e. The summed E-state index contributed by atoms with van der Waals surface area (Å²) in [6, 6.07) is 19.3. The Hall–Kier alpha value is -3.56. The molecule has 0 aromatic heterocycles. The van der Waals surface area contributed by atoms with E-state index in [9.17, 15) is 13.2 Å². The number of para-hydroxylation sites is 2. The molecule has 1 amide bonds. The number of rotatable bonds is 11. The number of hydrogen-bond acceptors (Lipinski definition) is 6. The summed E-state index contributed by atoms with van der Waals surface area (Å²) in [5, 5.41) is 2.79. The van der Waals surface area contributed by atoms with Crippen molar-refractivity contribution < 1.29 is 27.4 Å². The number of carbonyl (C=O) groups is 1. The van der Waals surface area contributed by atoms with Crippen molar-refractivity contribution in [3.8, 4) is 17.2 Å². The van der Waals surface area contributed by atoms with Gasteiger partial charge in [0.05, 0.1) is 31.4 Å². The predicted molar refractivity (Wildman–Crippen MR) is 130 cm³/mol. The van der Waals surface area contributed by atoms with E-state index < -0.39 is 22.0 Å². The molecule has 0 radical (unpaired) electrons. The van der Waals surface area contributed by atoms with Crippen LogP contribution in [-0.4, -0.2) is 41.2 Å². The van der Waals surface area contributed by atoms with Gasteiger partial charge in [-0.3, -0.25) is 4.79 Å². The Labute approximate surface area is 199 Å². The van der Waals surface area contributed by atoms with Gasteiger partial charge < -0.3 is 19.5 Å². The van der Waals surface area contributed by atoms with Gasteiger partial charge in [0.1, 0.15) is 11.8 Å². The molecule has 34 heavy (non-hydrogen) atoms. The Balaban J connectivity index is 1.91. The molecule has 0 bridgehead atoms. The first kappa shape index (κ1) is 25.1. The number of anilines is 1. The lowest BCUT2D eigenvalue weighted by Crippen LogP contribution is -2.45. The minimum absolute atomic E-state index is 0.0503. The fourth-order valence-corrected chi connectivity index (χ4v) is 4.56. The number of nitrogens with one attached hydrogen (secondary N) is 2. The predicted octanol–water partition coefficient (Wildman–Crippen LogP) is 3.63.